The zero-order valence-electron chi connectivity index (χ0n) is 23.1. The molecule has 5 rings (SSSR count). The number of rotatable bonds is 7. The molecule has 2 aliphatic heterocycles. The Labute approximate surface area is 237 Å². The highest BCUT2D eigenvalue weighted by molar-refractivity contribution is 5.92. The summed E-state index contributed by atoms with van der Waals surface area (Å²) in [6.07, 6.45) is -0.661. The van der Waals surface area contributed by atoms with Crippen LogP contribution in [0.1, 0.15) is 22.7 Å². The fraction of sp³-hybridized carbons (Fsp3) is 0.300. The van der Waals surface area contributed by atoms with Crippen LogP contribution in [0.25, 0.3) is 0 Å². The van der Waals surface area contributed by atoms with Crippen molar-refractivity contribution in [3.63, 3.8) is 0 Å². The van der Waals surface area contributed by atoms with Crippen molar-refractivity contribution in [2.24, 2.45) is 0 Å². The number of hydrogen-bond acceptors (Lipinski definition) is 5. The largest absolute Gasteiger partial charge is 0.377 e. The lowest BCUT2D eigenvalue weighted by Crippen LogP contribution is -2.62. The van der Waals surface area contributed by atoms with Gasteiger partial charge in [-0.1, -0.05) is 60.7 Å². The standard InChI is InChI=1S/C30H32F2N6O3/c1-34(2)25-15-24(32)23(31)14-22(25)17-36-18-26-37(35(3)30(41)33-16-20-10-6-4-7-11-20)19-27(39)38(26)28(29(36)40)21-12-8-5-9-13-21/h4-15,26,28H,16-19H2,1-3H3,(H,33,41)/t26-,28+/m1/s1. The van der Waals surface area contributed by atoms with Crippen molar-refractivity contribution in [3.8, 4) is 0 Å². The van der Waals surface area contributed by atoms with Gasteiger partial charge in [0.2, 0.25) is 5.91 Å². The van der Waals surface area contributed by atoms with Crippen molar-refractivity contribution in [3.05, 3.63) is 101 Å². The van der Waals surface area contributed by atoms with E-state index < -0.39 is 29.9 Å². The van der Waals surface area contributed by atoms with E-state index in [9.17, 15) is 23.2 Å². The number of anilines is 1. The molecule has 41 heavy (non-hydrogen) atoms. The molecule has 3 aromatic carbocycles. The number of benzene rings is 3. The average Bonchev–Trinajstić information content (AvgIpc) is 3.29. The van der Waals surface area contributed by atoms with Gasteiger partial charge in [0.25, 0.3) is 5.91 Å². The lowest BCUT2D eigenvalue weighted by atomic mass is 9.99. The molecule has 9 nitrogen and oxygen atoms in total. The second-order valence-corrected chi connectivity index (χ2v) is 10.4. The van der Waals surface area contributed by atoms with Crippen molar-refractivity contribution < 1.29 is 23.2 Å². The van der Waals surface area contributed by atoms with Crippen LogP contribution in [0.3, 0.4) is 0 Å². The summed E-state index contributed by atoms with van der Waals surface area (Å²) >= 11 is 0. The molecule has 214 valence electrons. The van der Waals surface area contributed by atoms with E-state index >= 15 is 0 Å². The summed E-state index contributed by atoms with van der Waals surface area (Å²) < 4.78 is 28.4. The van der Waals surface area contributed by atoms with E-state index in [1.807, 2.05) is 36.4 Å². The first-order chi connectivity index (χ1) is 19.7. The van der Waals surface area contributed by atoms with E-state index in [0.717, 1.165) is 17.7 Å². The monoisotopic (exact) mass is 562 g/mol. The van der Waals surface area contributed by atoms with Gasteiger partial charge in [-0.25, -0.2) is 13.6 Å². The van der Waals surface area contributed by atoms with Gasteiger partial charge in [-0.05, 0) is 22.8 Å². The van der Waals surface area contributed by atoms with Crippen LogP contribution < -0.4 is 10.2 Å². The Hall–Kier alpha value is -4.51. The van der Waals surface area contributed by atoms with E-state index in [1.165, 1.54) is 9.91 Å². The Morgan fingerprint density at radius 2 is 1.59 bits per heavy atom. The summed E-state index contributed by atoms with van der Waals surface area (Å²) in [5, 5.41) is 5.87. The fourth-order valence-electron chi connectivity index (χ4n) is 5.43. The number of hydrogen-bond donors (Lipinski definition) is 1. The number of nitrogens with zero attached hydrogens (tertiary/aromatic N) is 5. The highest BCUT2D eigenvalue weighted by atomic mass is 19.2. The third-order valence-electron chi connectivity index (χ3n) is 7.50. The van der Waals surface area contributed by atoms with Gasteiger partial charge in [-0.2, -0.15) is 5.01 Å². The van der Waals surface area contributed by atoms with E-state index in [-0.39, 0.29) is 31.4 Å². The number of piperazine rings is 1. The maximum Gasteiger partial charge on any atom is 0.332 e. The molecule has 0 saturated carbocycles. The second kappa shape index (κ2) is 11.5. The Kier molecular flexibility index (Phi) is 7.89. The van der Waals surface area contributed by atoms with E-state index in [2.05, 4.69) is 5.32 Å². The summed E-state index contributed by atoms with van der Waals surface area (Å²) in [5.74, 6) is -2.62. The number of carbonyl (C=O) groups is 3. The number of nitrogens with one attached hydrogen (secondary N) is 1. The SMILES string of the molecule is CN(C)c1cc(F)c(F)cc1CN1C[C@H]2N(C(=O)CN2N(C)C(=O)NCc2ccccc2)[C@@H](c2ccccc2)C1=O. The zero-order valence-corrected chi connectivity index (χ0v) is 23.1. The molecule has 0 bridgehead atoms. The summed E-state index contributed by atoms with van der Waals surface area (Å²) in [4.78, 5) is 45.2. The maximum atomic E-state index is 14.3. The molecule has 1 N–H and O–H groups in total. The first kappa shape index (κ1) is 28.0. The molecular formula is C30H32F2N6O3. The van der Waals surface area contributed by atoms with E-state index in [0.29, 0.717) is 23.4 Å². The van der Waals surface area contributed by atoms with Crippen molar-refractivity contribution in [2.75, 3.05) is 39.1 Å². The molecule has 2 atom stereocenters. The van der Waals surface area contributed by atoms with Gasteiger partial charge in [0.1, 0.15) is 12.2 Å². The molecule has 0 aliphatic carbocycles. The maximum absolute atomic E-state index is 14.3. The summed E-state index contributed by atoms with van der Waals surface area (Å²) in [6.45, 7) is 0.263. The van der Waals surface area contributed by atoms with Crippen LogP contribution in [-0.4, -0.2) is 78.1 Å². The first-order valence-electron chi connectivity index (χ1n) is 13.3. The van der Waals surface area contributed by atoms with Crippen LogP contribution in [0.15, 0.2) is 72.8 Å². The number of hydrazine groups is 1. The minimum absolute atomic E-state index is 0.0107. The molecule has 2 aliphatic rings. The topological polar surface area (TPSA) is 79.4 Å². The van der Waals surface area contributed by atoms with Crippen LogP contribution in [0.2, 0.25) is 0 Å². The van der Waals surface area contributed by atoms with Crippen LogP contribution in [0.4, 0.5) is 19.3 Å². The van der Waals surface area contributed by atoms with Gasteiger partial charge in [0.15, 0.2) is 11.6 Å². The van der Waals surface area contributed by atoms with Gasteiger partial charge >= 0.3 is 6.03 Å². The molecule has 2 heterocycles. The van der Waals surface area contributed by atoms with E-state index in [1.54, 1.807) is 60.2 Å². The fourth-order valence-corrected chi connectivity index (χ4v) is 5.43. The zero-order chi connectivity index (χ0) is 29.3. The van der Waals surface area contributed by atoms with Gasteiger partial charge in [-0.3, -0.25) is 14.6 Å². The Morgan fingerprint density at radius 3 is 2.24 bits per heavy atom. The van der Waals surface area contributed by atoms with Crippen molar-refractivity contribution in [2.45, 2.75) is 25.3 Å². The summed E-state index contributed by atoms with van der Waals surface area (Å²) in [5.41, 5.74) is 2.41. The molecular weight excluding hydrogens is 530 g/mol. The normalized spacial score (nSPS) is 18.9. The minimum Gasteiger partial charge on any atom is -0.377 e. The Balaban J connectivity index is 1.45. The number of fused-ring (bicyclic) bond motifs is 1. The molecule has 0 radical (unpaired) electrons. The highest BCUT2D eigenvalue weighted by Crippen LogP contribution is 2.37. The number of halogens is 2. The summed E-state index contributed by atoms with van der Waals surface area (Å²) in [7, 11) is 5.00. The molecule has 2 fully saturated rings. The van der Waals surface area contributed by atoms with Crippen molar-refractivity contribution >= 4 is 23.5 Å². The smallest absolute Gasteiger partial charge is 0.332 e. The summed E-state index contributed by atoms with van der Waals surface area (Å²) in [6, 6.07) is 19.3. The second-order valence-electron chi connectivity index (χ2n) is 10.4. The molecule has 4 amide bonds. The van der Waals surface area contributed by atoms with Crippen molar-refractivity contribution in [1.29, 1.82) is 0 Å². The van der Waals surface area contributed by atoms with E-state index in [4.69, 9.17) is 0 Å². The Bertz CT molecular complexity index is 1440. The third-order valence-corrected chi connectivity index (χ3v) is 7.50. The first-order valence-corrected chi connectivity index (χ1v) is 13.3. The van der Waals surface area contributed by atoms with Gasteiger partial charge in [0, 0.05) is 46.0 Å². The molecule has 0 aromatic heterocycles. The quantitative estimate of drug-likeness (QED) is 0.478. The van der Waals surface area contributed by atoms with Crippen LogP contribution >= 0.6 is 0 Å². The number of amides is 4. The molecule has 11 heteroatoms. The molecule has 0 spiro atoms. The molecule has 3 aromatic rings. The predicted octanol–water partition coefficient (Wildman–Crippen LogP) is 3.34. The lowest BCUT2D eigenvalue weighted by molar-refractivity contribution is -0.157. The van der Waals surface area contributed by atoms with Gasteiger partial charge in [-0.15, -0.1) is 0 Å². The lowest BCUT2D eigenvalue weighted by Gasteiger charge is -2.46. The van der Waals surface area contributed by atoms with Crippen molar-refractivity contribution in [1.82, 2.24) is 25.1 Å². The third kappa shape index (κ3) is 5.58. The molecule has 0 unspecified atom stereocenters. The van der Waals surface area contributed by atoms with Crippen LogP contribution in [0.5, 0.6) is 0 Å². The van der Waals surface area contributed by atoms with Gasteiger partial charge in [0.05, 0.1) is 13.1 Å². The number of carbonyl (C=O) groups excluding carboxylic acids is 3. The van der Waals surface area contributed by atoms with Gasteiger partial charge < -0.3 is 20.0 Å². The highest BCUT2D eigenvalue weighted by Gasteiger charge is 2.52. The molecule has 2 saturated heterocycles. The Morgan fingerprint density at radius 1 is 0.951 bits per heavy atom. The number of urea groups is 1. The minimum atomic E-state index is -1.01. The average molecular weight is 563 g/mol. The van der Waals surface area contributed by atoms with Crippen LogP contribution in [0, 0.1) is 11.6 Å². The predicted molar refractivity (Wildman–Crippen MR) is 149 cm³/mol. The van der Waals surface area contributed by atoms with Crippen LogP contribution in [-0.2, 0) is 22.7 Å².